The fourth-order valence-corrected chi connectivity index (χ4v) is 6.91. The minimum absolute atomic E-state index is 0.164. The van der Waals surface area contributed by atoms with Gasteiger partial charge in [0.25, 0.3) is 0 Å². The molecule has 2 aliphatic rings. The highest BCUT2D eigenvalue weighted by Crippen LogP contribution is 2.31. The number of fused-ring (bicyclic) bond motifs is 1. The first-order valence-electron chi connectivity index (χ1n) is 11.4. The molecule has 0 spiro atoms. The van der Waals surface area contributed by atoms with Crippen molar-refractivity contribution >= 4 is 32.8 Å². The van der Waals surface area contributed by atoms with Crippen molar-refractivity contribution in [1.29, 1.82) is 0 Å². The Balaban J connectivity index is 1.48. The van der Waals surface area contributed by atoms with Gasteiger partial charge < -0.3 is 14.0 Å². The highest BCUT2D eigenvalue weighted by molar-refractivity contribution is 7.98. The molecule has 2 aliphatic heterocycles. The average molecular weight is 488 g/mol. The summed E-state index contributed by atoms with van der Waals surface area (Å²) in [5.41, 5.74) is 4.17. The number of hydrogen-bond donors (Lipinski definition) is 0. The summed E-state index contributed by atoms with van der Waals surface area (Å²) in [6.07, 6.45) is 2.27. The van der Waals surface area contributed by atoms with Crippen LogP contribution in [0.1, 0.15) is 24.0 Å². The van der Waals surface area contributed by atoms with E-state index in [9.17, 15) is 8.42 Å². The number of nitrogens with zero attached hydrogens (tertiary/aromatic N) is 3. The number of hydrogen-bond acceptors (Lipinski definition) is 6. The van der Waals surface area contributed by atoms with E-state index in [0.717, 1.165) is 42.4 Å². The second-order valence-electron chi connectivity index (χ2n) is 8.52. The van der Waals surface area contributed by atoms with Crippen LogP contribution in [0.4, 0.5) is 0 Å². The zero-order chi connectivity index (χ0) is 22.8. The molecule has 0 saturated carbocycles. The van der Waals surface area contributed by atoms with Crippen molar-refractivity contribution in [3.8, 4) is 0 Å². The first-order chi connectivity index (χ1) is 16.0. The monoisotopic (exact) mass is 487 g/mol. The third kappa shape index (κ3) is 4.83. The van der Waals surface area contributed by atoms with E-state index in [1.165, 1.54) is 15.4 Å². The highest BCUT2D eigenvalue weighted by atomic mass is 32.2. The van der Waals surface area contributed by atoms with Gasteiger partial charge in [-0.3, -0.25) is 0 Å². The minimum atomic E-state index is -3.57. The largest absolute Gasteiger partial charge is 0.379 e. The Hall–Kier alpha value is -1.91. The van der Waals surface area contributed by atoms with E-state index < -0.39 is 10.0 Å². The van der Waals surface area contributed by atoms with Gasteiger partial charge in [-0.1, -0.05) is 36.0 Å². The number of sulfonamides is 1. The zero-order valence-corrected chi connectivity index (χ0v) is 20.4. The van der Waals surface area contributed by atoms with Crippen LogP contribution in [0, 0.1) is 6.92 Å². The normalized spacial score (nSPS) is 20.0. The Morgan fingerprint density at radius 1 is 1.12 bits per heavy atom. The second-order valence-corrected chi connectivity index (χ2v) is 11.4. The molecule has 9 heteroatoms. The highest BCUT2D eigenvalue weighted by Gasteiger charge is 2.27. The third-order valence-electron chi connectivity index (χ3n) is 6.32. The molecule has 0 amide bonds. The molecule has 176 valence electrons. The van der Waals surface area contributed by atoms with Gasteiger partial charge in [0.2, 0.25) is 10.0 Å². The molecule has 0 N–H and O–H groups in total. The van der Waals surface area contributed by atoms with E-state index in [4.69, 9.17) is 14.5 Å². The molecule has 2 fully saturated rings. The smallest absolute Gasteiger partial charge is 0.243 e. The van der Waals surface area contributed by atoms with E-state index in [1.807, 2.05) is 12.1 Å². The molecule has 1 aromatic heterocycles. The standard InChI is InChI=1S/C24H29N3O4S2/c1-18-5-2-3-6-19(18)17-32-24-25-22-15-21(33(28,29)26-10-13-30-14-11-26)8-9-23(22)27(24)16-20-7-4-12-31-20/h2-3,5-6,8-9,15,20H,4,7,10-14,16-17H2,1H3/t20-/m1/s1. The first kappa shape index (κ1) is 22.9. The van der Waals surface area contributed by atoms with Crippen molar-refractivity contribution in [3.05, 3.63) is 53.6 Å². The molecule has 7 nitrogen and oxygen atoms in total. The van der Waals surface area contributed by atoms with Crippen LogP contribution in [-0.2, 0) is 31.8 Å². The van der Waals surface area contributed by atoms with Crippen molar-refractivity contribution in [2.45, 2.75) is 48.2 Å². The van der Waals surface area contributed by atoms with E-state index in [0.29, 0.717) is 31.8 Å². The number of benzene rings is 2. The fraction of sp³-hybridized carbons (Fsp3) is 0.458. The predicted octanol–water partition coefficient (Wildman–Crippen LogP) is 3.84. The van der Waals surface area contributed by atoms with Crippen LogP contribution in [0.25, 0.3) is 11.0 Å². The van der Waals surface area contributed by atoms with Crippen LogP contribution in [0.15, 0.2) is 52.5 Å². The van der Waals surface area contributed by atoms with E-state index in [2.05, 4.69) is 29.7 Å². The van der Waals surface area contributed by atoms with Crippen molar-refractivity contribution in [3.63, 3.8) is 0 Å². The molecule has 2 aromatic carbocycles. The molecule has 0 unspecified atom stereocenters. The Bertz CT molecular complexity index is 1230. The van der Waals surface area contributed by atoms with Gasteiger partial charge in [-0.15, -0.1) is 0 Å². The van der Waals surface area contributed by atoms with Crippen LogP contribution in [0.5, 0.6) is 0 Å². The van der Waals surface area contributed by atoms with Crippen LogP contribution in [0.3, 0.4) is 0 Å². The van der Waals surface area contributed by atoms with Crippen LogP contribution < -0.4 is 0 Å². The lowest BCUT2D eigenvalue weighted by molar-refractivity contribution is 0.0730. The summed E-state index contributed by atoms with van der Waals surface area (Å²) in [4.78, 5) is 5.17. The lowest BCUT2D eigenvalue weighted by atomic mass is 10.1. The maximum absolute atomic E-state index is 13.2. The summed E-state index contributed by atoms with van der Waals surface area (Å²) in [6.45, 7) is 5.26. The van der Waals surface area contributed by atoms with E-state index in [1.54, 1.807) is 23.9 Å². The molecule has 3 heterocycles. The van der Waals surface area contributed by atoms with Crippen LogP contribution >= 0.6 is 11.8 Å². The van der Waals surface area contributed by atoms with Gasteiger partial charge in [0.15, 0.2) is 5.16 Å². The first-order valence-corrected chi connectivity index (χ1v) is 13.8. The van der Waals surface area contributed by atoms with Crippen molar-refractivity contribution in [1.82, 2.24) is 13.9 Å². The molecule has 0 bridgehead atoms. The lowest BCUT2D eigenvalue weighted by Crippen LogP contribution is -2.40. The zero-order valence-electron chi connectivity index (χ0n) is 18.8. The molecule has 0 radical (unpaired) electrons. The number of thioether (sulfide) groups is 1. The Morgan fingerprint density at radius 2 is 1.94 bits per heavy atom. The number of rotatable bonds is 7. The van der Waals surface area contributed by atoms with E-state index in [-0.39, 0.29) is 11.0 Å². The Morgan fingerprint density at radius 3 is 2.70 bits per heavy atom. The number of imidazole rings is 1. The Labute approximate surface area is 199 Å². The Kier molecular flexibility index (Phi) is 6.76. The molecule has 33 heavy (non-hydrogen) atoms. The van der Waals surface area contributed by atoms with Gasteiger partial charge >= 0.3 is 0 Å². The molecule has 2 saturated heterocycles. The molecule has 1 atom stereocenters. The predicted molar refractivity (Wildman–Crippen MR) is 129 cm³/mol. The third-order valence-corrected chi connectivity index (χ3v) is 9.24. The minimum Gasteiger partial charge on any atom is -0.379 e. The van der Waals surface area contributed by atoms with Gasteiger partial charge in [-0.2, -0.15) is 4.31 Å². The number of ether oxygens (including phenoxy) is 2. The molecule has 0 aliphatic carbocycles. The van der Waals surface area contributed by atoms with Crippen LogP contribution in [0.2, 0.25) is 0 Å². The van der Waals surface area contributed by atoms with Gasteiger partial charge in [0.05, 0.1) is 41.8 Å². The maximum atomic E-state index is 13.2. The number of morpholine rings is 1. The van der Waals surface area contributed by atoms with Gasteiger partial charge in [0.1, 0.15) is 0 Å². The van der Waals surface area contributed by atoms with Gasteiger partial charge in [-0.25, -0.2) is 13.4 Å². The molecular weight excluding hydrogens is 458 g/mol. The summed E-state index contributed by atoms with van der Waals surface area (Å²) in [5.74, 6) is 0.806. The summed E-state index contributed by atoms with van der Waals surface area (Å²) in [6, 6.07) is 13.7. The maximum Gasteiger partial charge on any atom is 0.243 e. The fourth-order valence-electron chi connectivity index (χ4n) is 4.38. The summed E-state index contributed by atoms with van der Waals surface area (Å²) in [7, 11) is -3.57. The lowest BCUT2D eigenvalue weighted by Gasteiger charge is -2.26. The summed E-state index contributed by atoms with van der Waals surface area (Å²) < 4.78 is 41.2. The molecule has 3 aromatic rings. The van der Waals surface area contributed by atoms with Crippen LogP contribution in [-0.4, -0.2) is 61.3 Å². The molecular formula is C24H29N3O4S2. The number of aryl methyl sites for hydroxylation is 1. The van der Waals surface area contributed by atoms with Crippen molar-refractivity contribution in [2.24, 2.45) is 0 Å². The quantitative estimate of drug-likeness (QED) is 0.472. The van der Waals surface area contributed by atoms with Gasteiger partial charge in [-0.05, 0) is 49.1 Å². The molecule has 5 rings (SSSR count). The van der Waals surface area contributed by atoms with E-state index >= 15 is 0 Å². The average Bonchev–Trinajstić information content (AvgIpc) is 3.47. The SMILES string of the molecule is Cc1ccccc1CSc1nc2cc(S(=O)(=O)N3CCOCC3)ccc2n1C[C@H]1CCCO1. The summed E-state index contributed by atoms with van der Waals surface area (Å²) >= 11 is 1.68. The number of aromatic nitrogens is 2. The topological polar surface area (TPSA) is 73.7 Å². The second kappa shape index (κ2) is 9.76. The van der Waals surface area contributed by atoms with Gasteiger partial charge in [0, 0.05) is 25.4 Å². The summed E-state index contributed by atoms with van der Waals surface area (Å²) in [5, 5.41) is 0.893. The van der Waals surface area contributed by atoms with Crippen molar-refractivity contribution < 1.29 is 17.9 Å². The van der Waals surface area contributed by atoms with Crippen molar-refractivity contribution in [2.75, 3.05) is 32.9 Å².